The van der Waals surface area contributed by atoms with Crippen molar-refractivity contribution in [3.8, 4) is 0 Å². The Morgan fingerprint density at radius 1 is 1.15 bits per heavy atom. The Morgan fingerprint density at radius 3 is 2.77 bits per heavy atom. The zero-order valence-electron chi connectivity index (χ0n) is 14.5. The van der Waals surface area contributed by atoms with Gasteiger partial charge in [0.25, 0.3) is 5.91 Å². The standard InChI is InChI=1S/C20H22N4O2/c25-20(17-8-4-7-16-13-22-23-19(16)17)21-14-18(15-5-2-1-3-6-15)24-9-11-26-12-10-24/h1-8,13,18H,9-12,14H2,(H,21,25)(H,22,23). The Labute approximate surface area is 152 Å². The highest BCUT2D eigenvalue weighted by atomic mass is 16.5. The zero-order chi connectivity index (χ0) is 17.8. The van der Waals surface area contributed by atoms with Gasteiger partial charge in [0.2, 0.25) is 0 Å². The highest BCUT2D eigenvalue weighted by Gasteiger charge is 2.23. The summed E-state index contributed by atoms with van der Waals surface area (Å²) in [5.74, 6) is -0.0889. The fourth-order valence-electron chi connectivity index (χ4n) is 3.46. The van der Waals surface area contributed by atoms with Gasteiger partial charge in [0.15, 0.2) is 0 Å². The number of amides is 1. The number of aromatic amines is 1. The minimum absolute atomic E-state index is 0.0889. The number of carbonyl (C=O) groups is 1. The van der Waals surface area contributed by atoms with Crippen molar-refractivity contribution in [2.75, 3.05) is 32.8 Å². The van der Waals surface area contributed by atoms with Gasteiger partial charge >= 0.3 is 0 Å². The summed E-state index contributed by atoms with van der Waals surface area (Å²) in [6, 6.07) is 16.1. The van der Waals surface area contributed by atoms with E-state index >= 15 is 0 Å². The number of rotatable bonds is 5. The average Bonchev–Trinajstić information content (AvgIpc) is 3.18. The minimum atomic E-state index is -0.0889. The largest absolute Gasteiger partial charge is 0.379 e. The molecule has 0 spiro atoms. The molecule has 0 bridgehead atoms. The molecular formula is C20H22N4O2. The molecule has 6 heteroatoms. The fraction of sp³-hybridized carbons (Fsp3) is 0.300. The van der Waals surface area contributed by atoms with Gasteiger partial charge in [0.1, 0.15) is 0 Å². The first kappa shape index (κ1) is 16.8. The van der Waals surface area contributed by atoms with Crippen LogP contribution in [0.15, 0.2) is 54.7 Å². The van der Waals surface area contributed by atoms with Gasteiger partial charge < -0.3 is 10.1 Å². The lowest BCUT2D eigenvalue weighted by molar-refractivity contribution is 0.0162. The second-order valence-corrected chi connectivity index (χ2v) is 6.42. The Morgan fingerprint density at radius 2 is 1.96 bits per heavy atom. The van der Waals surface area contributed by atoms with Crippen LogP contribution in [0.2, 0.25) is 0 Å². The third-order valence-electron chi connectivity index (χ3n) is 4.85. The maximum atomic E-state index is 12.8. The summed E-state index contributed by atoms with van der Waals surface area (Å²) in [6.45, 7) is 3.74. The number of ether oxygens (including phenoxy) is 1. The normalized spacial score (nSPS) is 16.5. The van der Waals surface area contributed by atoms with E-state index in [0.29, 0.717) is 12.1 Å². The van der Waals surface area contributed by atoms with E-state index in [4.69, 9.17) is 4.74 Å². The molecule has 0 radical (unpaired) electrons. The Hall–Kier alpha value is -2.70. The zero-order valence-corrected chi connectivity index (χ0v) is 14.5. The van der Waals surface area contributed by atoms with Crippen LogP contribution in [0.1, 0.15) is 22.0 Å². The SMILES string of the molecule is O=C(NCC(c1ccccc1)N1CCOCC1)c1cccc2cn[nH]c12. The van der Waals surface area contributed by atoms with Gasteiger partial charge in [-0.15, -0.1) is 0 Å². The van der Waals surface area contributed by atoms with Gasteiger partial charge in [-0.05, 0) is 11.6 Å². The highest BCUT2D eigenvalue weighted by Crippen LogP contribution is 2.22. The highest BCUT2D eigenvalue weighted by molar-refractivity contribution is 6.05. The first-order valence-electron chi connectivity index (χ1n) is 8.90. The lowest BCUT2D eigenvalue weighted by atomic mass is 10.0. The topological polar surface area (TPSA) is 70.2 Å². The molecule has 134 valence electrons. The number of H-pyrrole nitrogens is 1. The predicted octanol–water partition coefficient (Wildman–Crippen LogP) is 2.37. The molecule has 1 saturated heterocycles. The van der Waals surface area contributed by atoms with Crippen molar-refractivity contribution in [2.24, 2.45) is 0 Å². The summed E-state index contributed by atoms with van der Waals surface area (Å²) in [5, 5.41) is 11.0. The molecule has 6 nitrogen and oxygen atoms in total. The molecule has 1 aliphatic heterocycles. The summed E-state index contributed by atoms with van der Waals surface area (Å²) in [7, 11) is 0. The van der Waals surface area contributed by atoms with E-state index in [9.17, 15) is 4.79 Å². The van der Waals surface area contributed by atoms with E-state index in [0.717, 1.165) is 37.2 Å². The van der Waals surface area contributed by atoms with Gasteiger partial charge in [0.05, 0.1) is 36.5 Å². The molecule has 1 fully saturated rings. The van der Waals surface area contributed by atoms with Crippen LogP contribution in [-0.2, 0) is 4.74 Å². The van der Waals surface area contributed by atoms with E-state index in [-0.39, 0.29) is 11.9 Å². The predicted molar refractivity (Wildman–Crippen MR) is 100 cm³/mol. The van der Waals surface area contributed by atoms with Crippen molar-refractivity contribution in [2.45, 2.75) is 6.04 Å². The van der Waals surface area contributed by atoms with Gasteiger partial charge in [0, 0.05) is 25.0 Å². The Kier molecular flexibility index (Phi) is 4.95. The molecule has 1 aromatic heterocycles. The van der Waals surface area contributed by atoms with Gasteiger partial charge in [-0.2, -0.15) is 5.10 Å². The number of fused-ring (bicyclic) bond motifs is 1. The van der Waals surface area contributed by atoms with E-state index in [1.165, 1.54) is 5.56 Å². The number of para-hydroxylation sites is 1. The van der Waals surface area contributed by atoms with E-state index in [1.807, 2.05) is 36.4 Å². The van der Waals surface area contributed by atoms with Gasteiger partial charge in [-0.1, -0.05) is 42.5 Å². The first-order chi connectivity index (χ1) is 12.8. The van der Waals surface area contributed by atoms with Crippen LogP contribution in [-0.4, -0.2) is 53.9 Å². The number of carbonyl (C=O) groups excluding carboxylic acids is 1. The van der Waals surface area contributed by atoms with Crippen LogP contribution in [0.5, 0.6) is 0 Å². The molecule has 2 N–H and O–H groups in total. The molecule has 0 aliphatic carbocycles. The number of nitrogens with one attached hydrogen (secondary N) is 2. The molecule has 3 aromatic rings. The lowest BCUT2D eigenvalue weighted by Crippen LogP contribution is -2.43. The molecule has 4 rings (SSSR count). The maximum absolute atomic E-state index is 12.8. The number of aromatic nitrogens is 2. The van der Waals surface area contributed by atoms with Gasteiger partial charge in [-0.3, -0.25) is 14.8 Å². The number of hydrogen-bond donors (Lipinski definition) is 2. The van der Waals surface area contributed by atoms with Crippen molar-refractivity contribution in [1.82, 2.24) is 20.4 Å². The molecule has 26 heavy (non-hydrogen) atoms. The van der Waals surface area contributed by atoms with Crippen molar-refractivity contribution < 1.29 is 9.53 Å². The van der Waals surface area contributed by atoms with E-state index < -0.39 is 0 Å². The van der Waals surface area contributed by atoms with Crippen molar-refractivity contribution in [3.05, 3.63) is 65.9 Å². The average molecular weight is 350 g/mol. The van der Waals surface area contributed by atoms with E-state index in [2.05, 4.69) is 32.5 Å². The second kappa shape index (κ2) is 7.68. The summed E-state index contributed by atoms with van der Waals surface area (Å²) in [6.07, 6.45) is 1.73. The molecule has 2 heterocycles. The van der Waals surface area contributed by atoms with Crippen LogP contribution >= 0.6 is 0 Å². The smallest absolute Gasteiger partial charge is 0.253 e. The summed E-state index contributed by atoms with van der Waals surface area (Å²) >= 11 is 0. The minimum Gasteiger partial charge on any atom is -0.379 e. The molecule has 1 unspecified atom stereocenters. The number of morpholine rings is 1. The molecule has 1 aliphatic rings. The molecule has 0 saturated carbocycles. The quantitative estimate of drug-likeness (QED) is 0.741. The third kappa shape index (κ3) is 3.47. The molecular weight excluding hydrogens is 328 g/mol. The maximum Gasteiger partial charge on any atom is 0.253 e. The molecule has 2 aromatic carbocycles. The van der Waals surface area contributed by atoms with Crippen LogP contribution in [0.25, 0.3) is 10.9 Å². The Balaban J connectivity index is 1.52. The summed E-state index contributed by atoms with van der Waals surface area (Å²) in [5.41, 5.74) is 2.59. The lowest BCUT2D eigenvalue weighted by Gasteiger charge is -2.35. The van der Waals surface area contributed by atoms with Crippen LogP contribution < -0.4 is 5.32 Å². The summed E-state index contributed by atoms with van der Waals surface area (Å²) in [4.78, 5) is 15.1. The summed E-state index contributed by atoms with van der Waals surface area (Å²) < 4.78 is 5.48. The number of benzene rings is 2. The Bertz CT molecular complexity index is 872. The molecule has 1 atom stereocenters. The second-order valence-electron chi connectivity index (χ2n) is 6.42. The van der Waals surface area contributed by atoms with Crippen LogP contribution in [0, 0.1) is 0 Å². The van der Waals surface area contributed by atoms with E-state index in [1.54, 1.807) is 6.20 Å². The third-order valence-corrected chi connectivity index (χ3v) is 4.85. The van der Waals surface area contributed by atoms with Gasteiger partial charge in [-0.25, -0.2) is 0 Å². The van der Waals surface area contributed by atoms with Crippen molar-refractivity contribution >= 4 is 16.8 Å². The fourth-order valence-corrected chi connectivity index (χ4v) is 3.46. The first-order valence-corrected chi connectivity index (χ1v) is 8.90. The van der Waals surface area contributed by atoms with Crippen molar-refractivity contribution in [1.29, 1.82) is 0 Å². The molecule has 1 amide bonds. The number of hydrogen-bond acceptors (Lipinski definition) is 4. The van der Waals surface area contributed by atoms with Crippen LogP contribution in [0.3, 0.4) is 0 Å². The number of nitrogens with zero attached hydrogens (tertiary/aromatic N) is 2. The van der Waals surface area contributed by atoms with Crippen LogP contribution in [0.4, 0.5) is 0 Å². The van der Waals surface area contributed by atoms with Crippen molar-refractivity contribution in [3.63, 3.8) is 0 Å². The monoisotopic (exact) mass is 350 g/mol.